The standard InChI is InChI=1S/C56H30FN3S2/c57-35-24-26-37-33(29-35)22-27-44-52(37)59-56(51(58-44)32-12-2-1-3-13-32)60-45-19-8-6-16-42(45)48-43-30-34(38-17-10-18-41-39-15-7-9-20-46(39)61-54(38)41)21-25-40(43)50-49-36-14-5-4-11-31(36)23-28-47(49)62-55(50)53(48)60/h1-30H/i6D,8D,16D,19D. The highest BCUT2D eigenvalue weighted by Gasteiger charge is 2.26. The van der Waals surface area contributed by atoms with Gasteiger partial charge >= 0.3 is 0 Å². The van der Waals surface area contributed by atoms with E-state index in [1.54, 1.807) is 28.7 Å². The summed E-state index contributed by atoms with van der Waals surface area (Å²) in [6, 6.07) is 51.6. The van der Waals surface area contributed by atoms with Crippen LogP contribution in [0.5, 0.6) is 0 Å². The van der Waals surface area contributed by atoms with Crippen LogP contribution in [0.25, 0.3) is 134 Å². The fourth-order valence-corrected chi connectivity index (χ4v) is 12.4. The summed E-state index contributed by atoms with van der Waals surface area (Å²) in [5.41, 5.74) is 5.61. The fourth-order valence-electron chi connectivity index (χ4n) is 9.84. The number of nitrogens with zero attached hydrogens (tertiary/aromatic N) is 3. The van der Waals surface area contributed by atoms with Crippen LogP contribution in [0, 0.1) is 5.82 Å². The molecule has 0 aliphatic carbocycles. The molecule has 0 bridgehead atoms. The van der Waals surface area contributed by atoms with Gasteiger partial charge in [-0.25, -0.2) is 14.4 Å². The third kappa shape index (κ3) is 4.73. The van der Waals surface area contributed by atoms with Gasteiger partial charge in [-0.2, -0.15) is 0 Å². The fraction of sp³-hybridized carbons (Fsp3) is 0. The summed E-state index contributed by atoms with van der Waals surface area (Å²) in [4.78, 5) is 10.9. The number of hydrogen-bond donors (Lipinski definition) is 0. The lowest BCUT2D eigenvalue weighted by atomic mass is 9.93. The predicted molar refractivity (Wildman–Crippen MR) is 263 cm³/mol. The summed E-state index contributed by atoms with van der Waals surface area (Å²) >= 11 is 3.43. The lowest BCUT2D eigenvalue weighted by molar-refractivity contribution is 0.630. The van der Waals surface area contributed by atoms with Gasteiger partial charge < -0.3 is 0 Å². The second kappa shape index (κ2) is 12.8. The van der Waals surface area contributed by atoms with Crippen molar-refractivity contribution < 1.29 is 9.87 Å². The lowest BCUT2D eigenvalue weighted by Crippen LogP contribution is -2.04. The first-order valence-electron chi connectivity index (χ1n) is 22.4. The van der Waals surface area contributed by atoms with Gasteiger partial charge in [0.15, 0.2) is 5.82 Å². The SMILES string of the molecule is [2H]c1c([2H])c([2H])c2c(c1[2H])c1c3cc(-c4cccc5c4sc4ccccc45)ccc3c3c(sc4ccc5ccccc5c43)c1n2-c1nc2c(ccc3cc(F)ccc32)nc1-c1ccccc1. The largest absolute Gasteiger partial charge is 0.290 e. The topological polar surface area (TPSA) is 30.7 Å². The average molecular weight is 832 g/mol. The van der Waals surface area contributed by atoms with Crippen LogP contribution in [0.2, 0.25) is 0 Å². The van der Waals surface area contributed by atoms with Crippen LogP contribution in [0.4, 0.5) is 4.39 Å². The average Bonchev–Trinajstić information content (AvgIpc) is 4.05. The zero-order valence-corrected chi connectivity index (χ0v) is 34.2. The van der Waals surface area contributed by atoms with Gasteiger partial charge in [-0.15, -0.1) is 22.7 Å². The van der Waals surface area contributed by atoms with Gasteiger partial charge in [0.2, 0.25) is 0 Å². The van der Waals surface area contributed by atoms with Crippen molar-refractivity contribution in [2.75, 3.05) is 0 Å². The third-order valence-corrected chi connectivity index (χ3v) is 14.9. The van der Waals surface area contributed by atoms with E-state index in [9.17, 15) is 8.50 Å². The maximum atomic E-state index is 14.7. The molecule has 10 aromatic carbocycles. The van der Waals surface area contributed by atoms with Gasteiger partial charge in [0.25, 0.3) is 0 Å². The van der Waals surface area contributed by atoms with E-state index in [-0.39, 0.29) is 30.0 Å². The van der Waals surface area contributed by atoms with E-state index in [1.807, 2.05) is 47.0 Å². The lowest BCUT2D eigenvalue weighted by Gasteiger charge is -2.15. The van der Waals surface area contributed by atoms with Crippen LogP contribution >= 0.6 is 22.7 Å². The third-order valence-electron chi connectivity index (χ3n) is 12.5. The van der Waals surface area contributed by atoms with Crippen LogP contribution in [-0.4, -0.2) is 14.5 Å². The summed E-state index contributed by atoms with van der Waals surface area (Å²) in [6.45, 7) is 0. The van der Waals surface area contributed by atoms with Crippen molar-refractivity contribution in [1.29, 1.82) is 0 Å². The van der Waals surface area contributed by atoms with E-state index in [4.69, 9.17) is 11.3 Å². The molecule has 6 heteroatoms. The summed E-state index contributed by atoms with van der Waals surface area (Å²) in [7, 11) is 0. The van der Waals surface area contributed by atoms with E-state index in [0.29, 0.717) is 49.6 Å². The Bertz CT molecular complexity index is 4480. The van der Waals surface area contributed by atoms with E-state index >= 15 is 0 Å². The van der Waals surface area contributed by atoms with Crippen molar-refractivity contribution >= 4 is 128 Å². The molecular weight excluding hydrogens is 798 g/mol. The highest BCUT2D eigenvalue weighted by atomic mass is 32.1. The maximum absolute atomic E-state index is 14.7. The Morgan fingerprint density at radius 3 is 2.23 bits per heavy atom. The second-order valence-electron chi connectivity index (χ2n) is 15.9. The highest BCUT2D eigenvalue weighted by Crippen LogP contribution is 2.51. The molecule has 14 rings (SSSR count). The van der Waals surface area contributed by atoms with Gasteiger partial charge in [-0.3, -0.25) is 4.57 Å². The van der Waals surface area contributed by atoms with Crippen LogP contribution in [0.1, 0.15) is 5.48 Å². The molecule has 0 aliphatic heterocycles. The van der Waals surface area contributed by atoms with Gasteiger partial charge in [0.1, 0.15) is 11.5 Å². The Labute approximate surface area is 366 Å². The molecule has 0 radical (unpaired) electrons. The molecule has 0 saturated heterocycles. The molecule has 0 fully saturated rings. The van der Waals surface area contributed by atoms with Crippen molar-refractivity contribution in [3.05, 3.63) is 188 Å². The number of thiophene rings is 2. The monoisotopic (exact) mass is 831 g/mol. The van der Waals surface area contributed by atoms with Gasteiger partial charge in [-0.1, -0.05) is 133 Å². The molecule has 0 N–H and O–H groups in total. The Morgan fingerprint density at radius 1 is 0.500 bits per heavy atom. The normalized spacial score (nSPS) is 13.2. The molecule has 0 aliphatic rings. The summed E-state index contributed by atoms with van der Waals surface area (Å²) < 4.78 is 59.0. The molecule has 4 aromatic heterocycles. The van der Waals surface area contributed by atoms with Crippen molar-refractivity contribution in [3.8, 4) is 28.2 Å². The molecule has 0 unspecified atom stereocenters. The molecule has 0 saturated carbocycles. The Balaban J connectivity index is 1.25. The molecule has 0 atom stereocenters. The van der Waals surface area contributed by atoms with Crippen molar-refractivity contribution in [2.24, 2.45) is 0 Å². The zero-order chi connectivity index (χ0) is 44.1. The molecule has 3 nitrogen and oxygen atoms in total. The maximum Gasteiger partial charge on any atom is 0.165 e. The summed E-state index contributed by atoms with van der Waals surface area (Å²) in [5.74, 6) is 0.0496. The molecule has 4 heterocycles. The van der Waals surface area contributed by atoms with Crippen LogP contribution in [0.3, 0.4) is 0 Å². The quantitative estimate of drug-likeness (QED) is 0.166. The molecule has 0 spiro atoms. The second-order valence-corrected chi connectivity index (χ2v) is 18.0. The molecular formula is C56H30FN3S2. The minimum absolute atomic E-state index is 0.130. The number of halogens is 1. The molecule has 0 amide bonds. The first-order chi connectivity index (χ1) is 32.3. The van der Waals surface area contributed by atoms with E-state index in [0.717, 1.165) is 63.9 Å². The van der Waals surface area contributed by atoms with Crippen LogP contribution < -0.4 is 0 Å². The number of aromatic nitrogens is 3. The number of benzene rings is 10. The summed E-state index contributed by atoms with van der Waals surface area (Å²) in [6.07, 6.45) is 0. The van der Waals surface area contributed by atoms with Gasteiger partial charge in [-0.05, 0) is 86.6 Å². The first kappa shape index (κ1) is 30.5. The number of fused-ring (bicyclic) bond motifs is 18. The van der Waals surface area contributed by atoms with Crippen molar-refractivity contribution in [2.45, 2.75) is 0 Å². The molecule has 288 valence electrons. The van der Waals surface area contributed by atoms with Gasteiger partial charge in [0, 0.05) is 57.4 Å². The van der Waals surface area contributed by atoms with Crippen LogP contribution in [-0.2, 0) is 0 Å². The number of para-hydroxylation sites is 1. The number of rotatable bonds is 3. The summed E-state index contributed by atoms with van der Waals surface area (Å²) in [5, 5.41) is 11.1. The van der Waals surface area contributed by atoms with Gasteiger partial charge in [0.05, 0.1) is 32.2 Å². The van der Waals surface area contributed by atoms with E-state index in [2.05, 4.69) is 97.1 Å². The van der Waals surface area contributed by atoms with Crippen molar-refractivity contribution in [1.82, 2.24) is 14.5 Å². The van der Waals surface area contributed by atoms with E-state index < -0.39 is 0 Å². The zero-order valence-electron chi connectivity index (χ0n) is 36.5. The van der Waals surface area contributed by atoms with Crippen molar-refractivity contribution in [3.63, 3.8) is 0 Å². The molecule has 62 heavy (non-hydrogen) atoms. The predicted octanol–water partition coefficient (Wildman–Crippen LogP) is 16.4. The Morgan fingerprint density at radius 2 is 1.29 bits per heavy atom. The Hall–Kier alpha value is -7.51. The first-order valence-corrected chi connectivity index (χ1v) is 22.1. The minimum atomic E-state index is -0.358. The Kier molecular flexibility index (Phi) is 6.28. The number of hydrogen-bond acceptors (Lipinski definition) is 4. The minimum Gasteiger partial charge on any atom is -0.290 e. The van der Waals surface area contributed by atoms with Crippen LogP contribution in [0.15, 0.2) is 182 Å². The molecule has 14 aromatic rings. The van der Waals surface area contributed by atoms with E-state index in [1.165, 1.54) is 32.3 Å². The smallest absolute Gasteiger partial charge is 0.165 e. The highest BCUT2D eigenvalue weighted by molar-refractivity contribution is 7.27.